The van der Waals surface area contributed by atoms with E-state index >= 15 is 0 Å². The van der Waals surface area contributed by atoms with Crippen LogP contribution < -0.4 is 16.0 Å². The van der Waals surface area contributed by atoms with Crippen molar-refractivity contribution < 1.29 is 9.53 Å². The van der Waals surface area contributed by atoms with Crippen molar-refractivity contribution in [2.24, 2.45) is 4.99 Å². The van der Waals surface area contributed by atoms with E-state index in [1.165, 1.54) is 26.4 Å². The number of guanidine groups is 1. The predicted octanol–water partition coefficient (Wildman–Crippen LogP) is 3.20. The molecule has 0 radical (unpaired) electrons. The van der Waals surface area contributed by atoms with Crippen LogP contribution in [0.3, 0.4) is 0 Å². The summed E-state index contributed by atoms with van der Waals surface area (Å²) in [5.74, 6) is 0.867. The van der Waals surface area contributed by atoms with Crippen LogP contribution in [0, 0.1) is 0 Å². The first-order chi connectivity index (χ1) is 12.1. The second-order valence-corrected chi connectivity index (χ2v) is 7.16. The molecule has 25 heavy (non-hydrogen) atoms. The van der Waals surface area contributed by atoms with Gasteiger partial charge in [0.2, 0.25) is 0 Å². The van der Waals surface area contributed by atoms with Gasteiger partial charge in [-0.15, -0.1) is 0 Å². The van der Waals surface area contributed by atoms with Crippen molar-refractivity contribution in [2.75, 3.05) is 25.2 Å². The number of carbonyl (C=O) groups is 1. The summed E-state index contributed by atoms with van der Waals surface area (Å²) < 4.78 is 4.58. The highest BCUT2D eigenvalue weighted by Crippen LogP contribution is 2.28. The Morgan fingerprint density at radius 3 is 2.68 bits per heavy atom. The maximum atomic E-state index is 11.2. The minimum atomic E-state index is -0.468. The Morgan fingerprint density at radius 1 is 1.32 bits per heavy atom. The maximum Gasteiger partial charge on any atom is 0.411 e. The van der Waals surface area contributed by atoms with Gasteiger partial charge in [0.15, 0.2) is 5.96 Å². The Balaban J connectivity index is 1.90. The van der Waals surface area contributed by atoms with E-state index in [9.17, 15) is 4.79 Å². The summed E-state index contributed by atoms with van der Waals surface area (Å²) in [6, 6.07) is 8.11. The fourth-order valence-electron chi connectivity index (χ4n) is 2.83. The van der Waals surface area contributed by atoms with E-state index < -0.39 is 6.09 Å². The molecule has 3 N–H and O–H groups in total. The molecule has 6 nitrogen and oxygen atoms in total. The minimum absolute atomic E-state index is 0.468. The predicted molar refractivity (Wildman–Crippen MR) is 105 cm³/mol. The number of hydrogen-bond donors (Lipinski definition) is 3. The minimum Gasteiger partial charge on any atom is -0.453 e. The van der Waals surface area contributed by atoms with E-state index in [1.807, 2.05) is 36.0 Å². The first kappa shape index (κ1) is 19.4. The van der Waals surface area contributed by atoms with Crippen LogP contribution >= 0.6 is 11.8 Å². The van der Waals surface area contributed by atoms with Gasteiger partial charge in [-0.3, -0.25) is 5.32 Å². The van der Waals surface area contributed by atoms with E-state index in [4.69, 9.17) is 0 Å². The van der Waals surface area contributed by atoms with E-state index in [2.05, 4.69) is 38.9 Å². The molecule has 1 saturated carbocycles. The molecule has 2 unspecified atom stereocenters. The fourth-order valence-corrected chi connectivity index (χ4v) is 3.63. The van der Waals surface area contributed by atoms with Gasteiger partial charge in [0.1, 0.15) is 0 Å². The number of nitrogens with zero attached hydrogens (tertiary/aromatic N) is 1. The molecule has 1 aliphatic carbocycles. The number of aliphatic imine (C=N–C) groups is 1. The van der Waals surface area contributed by atoms with Crippen LogP contribution in [0.25, 0.3) is 0 Å². The zero-order valence-corrected chi connectivity index (χ0v) is 16.0. The highest BCUT2D eigenvalue weighted by Gasteiger charge is 2.24. The second-order valence-electron chi connectivity index (χ2n) is 6.02. The first-order valence-corrected chi connectivity index (χ1v) is 9.95. The number of ether oxygens (including phenoxy) is 1. The smallest absolute Gasteiger partial charge is 0.411 e. The van der Waals surface area contributed by atoms with Crippen molar-refractivity contribution in [3.63, 3.8) is 0 Å². The number of methoxy groups -OCH3 is 1. The van der Waals surface area contributed by atoms with E-state index in [0.29, 0.717) is 18.3 Å². The monoisotopic (exact) mass is 364 g/mol. The summed E-state index contributed by atoms with van der Waals surface area (Å²) in [5, 5.41) is 10.3. The molecule has 0 aromatic heterocycles. The summed E-state index contributed by atoms with van der Waals surface area (Å²) in [7, 11) is 1.35. The molecule has 2 rings (SSSR count). The van der Waals surface area contributed by atoms with E-state index in [0.717, 1.165) is 23.3 Å². The van der Waals surface area contributed by atoms with Gasteiger partial charge < -0.3 is 15.4 Å². The summed E-state index contributed by atoms with van der Waals surface area (Å²) in [6.45, 7) is 3.50. The molecule has 1 fully saturated rings. The average Bonchev–Trinajstić information content (AvgIpc) is 3.08. The van der Waals surface area contributed by atoms with Crippen molar-refractivity contribution in [2.45, 2.75) is 44.0 Å². The summed E-state index contributed by atoms with van der Waals surface area (Å²) in [6.07, 6.45) is 5.38. The van der Waals surface area contributed by atoms with Gasteiger partial charge in [0.25, 0.3) is 0 Å². The normalized spacial score (nSPS) is 20.2. The number of benzene rings is 1. The third kappa shape index (κ3) is 6.49. The number of nitrogens with one attached hydrogen (secondary N) is 3. The number of rotatable bonds is 6. The third-order valence-corrected chi connectivity index (χ3v) is 5.30. The maximum absolute atomic E-state index is 11.2. The largest absolute Gasteiger partial charge is 0.453 e. The molecule has 1 aliphatic rings. The molecule has 1 aromatic rings. The first-order valence-electron chi connectivity index (χ1n) is 8.66. The van der Waals surface area contributed by atoms with Crippen molar-refractivity contribution in [3.8, 4) is 0 Å². The lowest BCUT2D eigenvalue weighted by molar-refractivity contribution is 0.187. The zero-order valence-electron chi connectivity index (χ0n) is 15.2. The van der Waals surface area contributed by atoms with Crippen LogP contribution in [0.2, 0.25) is 0 Å². The molecular weight excluding hydrogens is 336 g/mol. The second kappa shape index (κ2) is 10.2. The van der Waals surface area contributed by atoms with E-state index in [-0.39, 0.29) is 0 Å². The summed E-state index contributed by atoms with van der Waals surface area (Å²) in [5.41, 5.74) is 1.79. The average molecular weight is 365 g/mol. The van der Waals surface area contributed by atoms with Gasteiger partial charge in [-0.1, -0.05) is 12.1 Å². The quantitative estimate of drug-likeness (QED) is 0.534. The molecule has 0 spiro atoms. The van der Waals surface area contributed by atoms with Crippen molar-refractivity contribution in [1.82, 2.24) is 10.6 Å². The van der Waals surface area contributed by atoms with Crippen molar-refractivity contribution in [3.05, 3.63) is 29.8 Å². The Labute approximate surface area is 154 Å². The lowest BCUT2D eigenvalue weighted by Gasteiger charge is -2.17. The molecule has 1 amide bonds. The Hall–Kier alpha value is -1.89. The lowest BCUT2D eigenvalue weighted by Crippen LogP contribution is -2.42. The van der Waals surface area contributed by atoms with E-state index in [1.54, 1.807) is 0 Å². The van der Waals surface area contributed by atoms with Crippen LogP contribution in [0.4, 0.5) is 10.5 Å². The summed E-state index contributed by atoms with van der Waals surface area (Å²) in [4.78, 5) is 15.9. The molecular formula is C18H28N4O2S. The Morgan fingerprint density at radius 2 is 2.08 bits per heavy atom. The highest BCUT2D eigenvalue weighted by molar-refractivity contribution is 7.99. The van der Waals surface area contributed by atoms with Crippen LogP contribution in [0.5, 0.6) is 0 Å². The van der Waals surface area contributed by atoms with Gasteiger partial charge in [-0.2, -0.15) is 11.8 Å². The molecule has 1 aromatic carbocycles. The number of thioether (sulfide) groups is 1. The molecule has 0 aliphatic heterocycles. The Kier molecular flexibility index (Phi) is 7.91. The van der Waals surface area contributed by atoms with Crippen LogP contribution in [-0.2, 0) is 11.3 Å². The summed E-state index contributed by atoms with van der Waals surface area (Å²) >= 11 is 1.95. The number of amides is 1. The lowest BCUT2D eigenvalue weighted by atomic mass is 10.2. The van der Waals surface area contributed by atoms with Crippen LogP contribution in [0.1, 0.15) is 31.7 Å². The zero-order chi connectivity index (χ0) is 18.1. The van der Waals surface area contributed by atoms with Gasteiger partial charge >= 0.3 is 6.09 Å². The van der Waals surface area contributed by atoms with Gasteiger partial charge in [0, 0.05) is 23.5 Å². The molecule has 7 heteroatoms. The molecule has 2 atom stereocenters. The van der Waals surface area contributed by atoms with Gasteiger partial charge in [0.05, 0.1) is 13.7 Å². The molecule has 0 heterocycles. The fraction of sp³-hybridized carbons (Fsp3) is 0.556. The number of hydrogen-bond acceptors (Lipinski definition) is 4. The molecule has 0 saturated heterocycles. The standard InChI is InChI=1S/C18H28N4O2S/c1-4-19-17(21-15-9-10-16(11-15)25-3)20-12-13-5-7-14(8-6-13)22-18(23)24-2/h5-8,15-16H,4,9-12H2,1-3H3,(H,22,23)(H2,19,20,21). The van der Waals surface area contributed by atoms with Gasteiger partial charge in [-0.05, 0) is 50.1 Å². The topological polar surface area (TPSA) is 74.8 Å². The highest BCUT2D eigenvalue weighted by atomic mass is 32.2. The number of carbonyl (C=O) groups excluding carboxylic acids is 1. The molecule has 138 valence electrons. The van der Waals surface area contributed by atoms with Crippen LogP contribution in [0.15, 0.2) is 29.3 Å². The van der Waals surface area contributed by atoms with Crippen LogP contribution in [-0.4, -0.2) is 43.3 Å². The van der Waals surface area contributed by atoms with Crippen molar-refractivity contribution in [1.29, 1.82) is 0 Å². The third-order valence-electron chi connectivity index (χ3n) is 4.21. The van der Waals surface area contributed by atoms with Gasteiger partial charge in [-0.25, -0.2) is 9.79 Å². The van der Waals surface area contributed by atoms with Crippen molar-refractivity contribution >= 4 is 29.5 Å². The molecule has 0 bridgehead atoms. The SMILES string of the molecule is CCNC(=NCc1ccc(NC(=O)OC)cc1)NC1CCC(SC)C1. The Bertz CT molecular complexity index is 577. The number of anilines is 1.